The van der Waals surface area contributed by atoms with Crippen molar-refractivity contribution in [1.29, 1.82) is 0 Å². The first-order valence-electron chi connectivity index (χ1n) is 8.40. The van der Waals surface area contributed by atoms with Crippen LogP contribution in [0.1, 0.15) is 26.4 Å². The van der Waals surface area contributed by atoms with E-state index in [0.717, 1.165) is 5.56 Å². The SMILES string of the molecule is O=C1CN(C(=O)C(F)(F)F)C(=O)c2c1c1ccccc1n2Cc1ccccc1. The van der Waals surface area contributed by atoms with Crippen molar-refractivity contribution < 1.29 is 27.6 Å². The summed E-state index contributed by atoms with van der Waals surface area (Å²) < 4.78 is 40.2. The molecule has 2 amide bonds. The molecule has 0 saturated carbocycles. The molecule has 28 heavy (non-hydrogen) atoms. The molecular formula is C20H13F3N2O3. The largest absolute Gasteiger partial charge is 0.471 e. The van der Waals surface area contributed by atoms with Crippen LogP contribution < -0.4 is 0 Å². The minimum atomic E-state index is -5.25. The predicted molar refractivity (Wildman–Crippen MR) is 93.9 cm³/mol. The monoisotopic (exact) mass is 386 g/mol. The van der Waals surface area contributed by atoms with Crippen LogP contribution in [0.25, 0.3) is 10.9 Å². The maximum absolute atomic E-state index is 12.9. The lowest BCUT2D eigenvalue weighted by molar-refractivity contribution is -0.182. The number of Topliss-reactive ketones (excluding diaryl/α,β-unsaturated/α-hetero) is 1. The first kappa shape index (κ1) is 18.0. The van der Waals surface area contributed by atoms with Gasteiger partial charge in [0.25, 0.3) is 5.91 Å². The number of rotatable bonds is 2. The number of amides is 2. The van der Waals surface area contributed by atoms with Gasteiger partial charge < -0.3 is 4.57 Å². The Morgan fingerprint density at radius 3 is 2.29 bits per heavy atom. The second kappa shape index (κ2) is 6.33. The molecule has 0 atom stereocenters. The minimum Gasteiger partial charge on any atom is -0.331 e. The summed E-state index contributed by atoms with van der Waals surface area (Å²) in [6.07, 6.45) is -5.25. The fourth-order valence-corrected chi connectivity index (χ4v) is 3.48. The topological polar surface area (TPSA) is 59.4 Å². The van der Waals surface area contributed by atoms with Gasteiger partial charge in [-0.25, -0.2) is 0 Å². The van der Waals surface area contributed by atoms with Crippen molar-refractivity contribution in [2.45, 2.75) is 12.7 Å². The third-order valence-corrected chi connectivity index (χ3v) is 4.67. The summed E-state index contributed by atoms with van der Waals surface area (Å²) in [5, 5.41) is 0.478. The van der Waals surface area contributed by atoms with Crippen LogP contribution >= 0.6 is 0 Å². The standard InChI is InChI=1S/C20H13F3N2O3/c21-20(22,23)19(28)25-11-15(26)16-13-8-4-5-9-14(13)24(17(16)18(25)27)10-12-6-2-1-3-7-12/h1-9H,10-11H2. The molecule has 142 valence electrons. The van der Waals surface area contributed by atoms with E-state index in [9.17, 15) is 27.6 Å². The molecule has 1 aliphatic rings. The second-order valence-electron chi connectivity index (χ2n) is 6.43. The molecule has 0 N–H and O–H groups in total. The van der Waals surface area contributed by atoms with Crippen molar-refractivity contribution in [1.82, 2.24) is 9.47 Å². The van der Waals surface area contributed by atoms with E-state index < -0.39 is 30.3 Å². The summed E-state index contributed by atoms with van der Waals surface area (Å²) in [7, 11) is 0. The van der Waals surface area contributed by atoms with E-state index in [1.807, 2.05) is 6.07 Å². The summed E-state index contributed by atoms with van der Waals surface area (Å²) >= 11 is 0. The predicted octanol–water partition coefficient (Wildman–Crippen LogP) is 3.42. The van der Waals surface area contributed by atoms with E-state index in [-0.39, 0.29) is 22.7 Å². The first-order chi connectivity index (χ1) is 13.3. The molecule has 0 aliphatic carbocycles. The van der Waals surface area contributed by atoms with Crippen LogP contribution in [0.15, 0.2) is 54.6 Å². The number of carbonyl (C=O) groups excluding carboxylic acids is 3. The van der Waals surface area contributed by atoms with Gasteiger partial charge in [-0.2, -0.15) is 13.2 Å². The van der Waals surface area contributed by atoms with Gasteiger partial charge in [0.2, 0.25) is 0 Å². The van der Waals surface area contributed by atoms with Gasteiger partial charge in [-0.3, -0.25) is 19.3 Å². The number of halogens is 3. The minimum absolute atomic E-state index is 0.0228. The molecule has 0 fully saturated rings. The maximum atomic E-state index is 12.9. The normalized spacial score (nSPS) is 14.5. The first-order valence-corrected chi connectivity index (χ1v) is 8.40. The smallest absolute Gasteiger partial charge is 0.331 e. The highest BCUT2D eigenvalue weighted by molar-refractivity contribution is 6.24. The van der Waals surface area contributed by atoms with Crippen LogP contribution in [-0.2, 0) is 11.3 Å². The van der Waals surface area contributed by atoms with Crippen LogP contribution in [-0.4, -0.2) is 39.8 Å². The lowest BCUT2D eigenvalue weighted by atomic mass is 10.0. The van der Waals surface area contributed by atoms with E-state index in [4.69, 9.17) is 0 Å². The zero-order valence-electron chi connectivity index (χ0n) is 14.4. The van der Waals surface area contributed by atoms with Gasteiger partial charge in [-0.1, -0.05) is 48.5 Å². The van der Waals surface area contributed by atoms with Crippen molar-refractivity contribution in [2.75, 3.05) is 6.54 Å². The third kappa shape index (κ3) is 2.77. The molecule has 3 aromatic rings. The number of alkyl halides is 3. The fourth-order valence-electron chi connectivity index (χ4n) is 3.48. The quantitative estimate of drug-likeness (QED) is 0.678. The zero-order chi connectivity index (χ0) is 20.1. The second-order valence-corrected chi connectivity index (χ2v) is 6.43. The Kier molecular flexibility index (Phi) is 4.06. The van der Waals surface area contributed by atoms with Crippen molar-refractivity contribution in [3.63, 3.8) is 0 Å². The van der Waals surface area contributed by atoms with Crippen molar-refractivity contribution in [3.8, 4) is 0 Å². The zero-order valence-corrected chi connectivity index (χ0v) is 14.4. The van der Waals surface area contributed by atoms with Gasteiger partial charge in [-0.05, 0) is 11.6 Å². The number of para-hydroxylation sites is 1. The molecule has 8 heteroatoms. The molecular weight excluding hydrogens is 373 g/mol. The van der Waals surface area contributed by atoms with Gasteiger partial charge >= 0.3 is 12.1 Å². The molecule has 1 aromatic heterocycles. The fraction of sp³-hybridized carbons (Fsp3) is 0.150. The molecule has 0 saturated heterocycles. The van der Waals surface area contributed by atoms with E-state index >= 15 is 0 Å². The van der Waals surface area contributed by atoms with Crippen molar-refractivity contribution in [2.24, 2.45) is 0 Å². The van der Waals surface area contributed by atoms with E-state index in [1.165, 1.54) is 4.57 Å². The molecule has 0 spiro atoms. The average molecular weight is 386 g/mol. The number of fused-ring (bicyclic) bond motifs is 3. The molecule has 2 heterocycles. The summed E-state index contributed by atoms with van der Waals surface area (Å²) in [6, 6.07) is 15.7. The van der Waals surface area contributed by atoms with E-state index in [1.54, 1.807) is 48.5 Å². The molecule has 0 bridgehead atoms. The Labute approximate surface area is 157 Å². The lowest BCUT2D eigenvalue weighted by Gasteiger charge is -2.26. The van der Waals surface area contributed by atoms with Gasteiger partial charge in [0.05, 0.1) is 12.1 Å². The van der Waals surface area contributed by atoms with Crippen molar-refractivity contribution >= 4 is 28.5 Å². The number of hydrogen-bond donors (Lipinski definition) is 0. The Hall–Kier alpha value is -3.42. The number of hydrogen-bond acceptors (Lipinski definition) is 3. The van der Waals surface area contributed by atoms with Crippen LogP contribution in [0.3, 0.4) is 0 Å². The van der Waals surface area contributed by atoms with Gasteiger partial charge in [0.1, 0.15) is 5.69 Å². The Balaban J connectivity index is 1.92. The molecule has 5 nitrogen and oxygen atoms in total. The highest BCUT2D eigenvalue weighted by atomic mass is 19.4. The summed E-state index contributed by atoms with van der Waals surface area (Å²) in [6.45, 7) is -0.757. The van der Waals surface area contributed by atoms with Crippen LogP contribution in [0.4, 0.5) is 13.2 Å². The number of aromatic nitrogens is 1. The number of benzene rings is 2. The van der Waals surface area contributed by atoms with E-state index in [0.29, 0.717) is 10.9 Å². The molecule has 4 rings (SSSR count). The number of carbonyl (C=O) groups is 3. The maximum Gasteiger partial charge on any atom is 0.471 e. The third-order valence-electron chi connectivity index (χ3n) is 4.67. The summed E-state index contributed by atoms with van der Waals surface area (Å²) in [4.78, 5) is 37.2. The number of nitrogens with zero attached hydrogens (tertiary/aromatic N) is 2. The van der Waals surface area contributed by atoms with Crippen LogP contribution in [0.5, 0.6) is 0 Å². The highest BCUT2D eigenvalue weighted by Crippen LogP contribution is 2.33. The van der Waals surface area contributed by atoms with Gasteiger partial charge in [0, 0.05) is 17.4 Å². The molecule has 0 unspecified atom stereocenters. The van der Waals surface area contributed by atoms with Crippen LogP contribution in [0.2, 0.25) is 0 Å². The van der Waals surface area contributed by atoms with Gasteiger partial charge in [-0.15, -0.1) is 0 Å². The van der Waals surface area contributed by atoms with Crippen LogP contribution in [0, 0.1) is 0 Å². The summed E-state index contributed by atoms with van der Waals surface area (Å²) in [5.74, 6) is -4.16. The average Bonchev–Trinajstić information content (AvgIpc) is 2.99. The Morgan fingerprint density at radius 2 is 1.61 bits per heavy atom. The highest BCUT2D eigenvalue weighted by Gasteiger charge is 2.49. The molecule has 0 radical (unpaired) electrons. The number of imide groups is 1. The Bertz CT molecular complexity index is 1120. The Morgan fingerprint density at radius 1 is 0.964 bits per heavy atom. The summed E-state index contributed by atoms with van der Waals surface area (Å²) in [5.41, 5.74) is 1.20. The number of ketones is 1. The molecule has 2 aromatic carbocycles. The van der Waals surface area contributed by atoms with E-state index in [2.05, 4.69) is 0 Å². The van der Waals surface area contributed by atoms with Crippen molar-refractivity contribution in [3.05, 3.63) is 71.4 Å². The van der Waals surface area contributed by atoms with Gasteiger partial charge in [0.15, 0.2) is 5.78 Å². The molecule has 1 aliphatic heterocycles. The lowest BCUT2D eigenvalue weighted by Crippen LogP contribution is -2.50.